The summed E-state index contributed by atoms with van der Waals surface area (Å²) in [5, 5.41) is 2.94. The number of hydrogen-bond donors (Lipinski definition) is 2. The van der Waals surface area contributed by atoms with Gasteiger partial charge in [-0.3, -0.25) is 9.69 Å². The molecule has 2 unspecified atom stereocenters. The van der Waals surface area contributed by atoms with E-state index in [1.54, 1.807) is 0 Å². The van der Waals surface area contributed by atoms with Gasteiger partial charge in [0.05, 0.1) is 6.04 Å². The van der Waals surface area contributed by atoms with E-state index in [1.807, 2.05) is 50.0 Å². The van der Waals surface area contributed by atoms with E-state index < -0.39 is 0 Å². The summed E-state index contributed by atoms with van der Waals surface area (Å²) in [7, 11) is 2.02. The Morgan fingerprint density at radius 1 is 1.48 bits per heavy atom. The summed E-state index contributed by atoms with van der Waals surface area (Å²) in [6.07, 6.45) is 1.15. The number of carbonyl (C=O) groups excluding carboxylic acids is 1. The summed E-state index contributed by atoms with van der Waals surface area (Å²) >= 11 is 6.86. The molecule has 2 atom stereocenters. The normalized spacial score (nSPS) is 19.5. The van der Waals surface area contributed by atoms with Crippen LogP contribution in [0.4, 0.5) is 5.69 Å². The minimum Gasteiger partial charge on any atom is -0.389 e. The van der Waals surface area contributed by atoms with Gasteiger partial charge in [-0.15, -0.1) is 0 Å². The van der Waals surface area contributed by atoms with Crippen LogP contribution in [0, 0.1) is 0 Å². The van der Waals surface area contributed by atoms with Gasteiger partial charge in [-0.25, -0.2) is 0 Å². The van der Waals surface area contributed by atoms with Gasteiger partial charge in [0.1, 0.15) is 4.99 Å². The topological polar surface area (TPSA) is 58.4 Å². The van der Waals surface area contributed by atoms with Crippen LogP contribution in [0.5, 0.6) is 0 Å². The Labute approximate surface area is 135 Å². The molecule has 0 bridgehead atoms. The zero-order valence-corrected chi connectivity index (χ0v) is 14.0. The fourth-order valence-electron chi connectivity index (χ4n) is 2.31. The molecule has 0 aromatic heterocycles. The standard InChI is InChI=1S/C15H21N3OS2/c1-10(18(2)13-7-8-21-9-13)15(19)17-12-5-3-11(4-6-12)14(16)20/h3-6,10,13H,7-9H2,1-2H3,(H2,16,20)(H,17,19). The first-order valence-electron chi connectivity index (χ1n) is 6.99. The summed E-state index contributed by atoms with van der Waals surface area (Å²) in [6, 6.07) is 7.63. The lowest BCUT2D eigenvalue weighted by atomic mass is 10.1. The third-order valence-corrected chi connectivity index (χ3v) is 5.29. The molecule has 1 aliphatic heterocycles. The molecule has 0 radical (unpaired) electrons. The van der Waals surface area contributed by atoms with Crippen LogP contribution < -0.4 is 11.1 Å². The van der Waals surface area contributed by atoms with Gasteiger partial charge >= 0.3 is 0 Å². The Balaban J connectivity index is 1.94. The van der Waals surface area contributed by atoms with Crippen molar-refractivity contribution >= 4 is 40.6 Å². The molecule has 1 fully saturated rings. The number of thiocarbonyl (C=S) groups is 1. The molecule has 1 heterocycles. The van der Waals surface area contributed by atoms with Gasteiger partial charge in [0.2, 0.25) is 5.91 Å². The number of amides is 1. The van der Waals surface area contributed by atoms with E-state index in [-0.39, 0.29) is 11.9 Å². The molecular formula is C15H21N3OS2. The quantitative estimate of drug-likeness (QED) is 0.813. The van der Waals surface area contributed by atoms with Crippen molar-refractivity contribution in [3.8, 4) is 0 Å². The summed E-state index contributed by atoms with van der Waals surface area (Å²) in [5.41, 5.74) is 7.13. The van der Waals surface area contributed by atoms with E-state index in [4.69, 9.17) is 18.0 Å². The van der Waals surface area contributed by atoms with Crippen molar-refractivity contribution in [3.63, 3.8) is 0 Å². The summed E-state index contributed by atoms with van der Waals surface area (Å²) < 4.78 is 0. The van der Waals surface area contributed by atoms with Crippen LogP contribution in [0.3, 0.4) is 0 Å². The molecule has 1 saturated heterocycles. The zero-order chi connectivity index (χ0) is 15.4. The van der Waals surface area contributed by atoms with Gasteiger partial charge in [-0.05, 0) is 50.4 Å². The maximum Gasteiger partial charge on any atom is 0.241 e. The van der Waals surface area contributed by atoms with Gasteiger partial charge in [-0.1, -0.05) is 12.2 Å². The molecule has 1 aromatic carbocycles. The molecule has 21 heavy (non-hydrogen) atoms. The largest absolute Gasteiger partial charge is 0.389 e. The Hall–Kier alpha value is -1.11. The number of nitrogens with one attached hydrogen (secondary N) is 1. The SMILES string of the molecule is CC(C(=O)Nc1ccc(C(N)=S)cc1)N(C)C1CCSC1. The van der Waals surface area contributed by atoms with E-state index in [9.17, 15) is 4.79 Å². The predicted molar refractivity (Wildman–Crippen MR) is 93.9 cm³/mol. The van der Waals surface area contributed by atoms with Crippen LogP contribution in [-0.4, -0.2) is 46.4 Å². The highest BCUT2D eigenvalue weighted by atomic mass is 32.2. The van der Waals surface area contributed by atoms with Crippen LogP contribution in [0.1, 0.15) is 18.9 Å². The van der Waals surface area contributed by atoms with Crippen molar-refractivity contribution in [2.24, 2.45) is 5.73 Å². The highest BCUT2D eigenvalue weighted by Gasteiger charge is 2.27. The van der Waals surface area contributed by atoms with E-state index in [0.29, 0.717) is 11.0 Å². The van der Waals surface area contributed by atoms with Gasteiger partial charge in [0.25, 0.3) is 0 Å². The molecule has 1 aliphatic rings. The van der Waals surface area contributed by atoms with Crippen LogP contribution in [0.2, 0.25) is 0 Å². The average molecular weight is 323 g/mol. The molecule has 3 N–H and O–H groups in total. The number of anilines is 1. The van der Waals surface area contributed by atoms with E-state index in [1.165, 1.54) is 5.75 Å². The Morgan fingerprint density at radius 3 is 2.67 bits per heavy atom. The Kier molecular flexibility index (Phi) is 5.61. The monoisotopic (exact) mass is 323 g/mol. The van der Waals surface area contributed by atoms with Gasteiger partial charge in [0.15, 0.2) is 0 Å². The lowest BCUT2D eigenvalue weighted by molar-refractivity contribution is -0.120. The van der Waals surface area contributed by atoms with Crippen LogP contribution in [0.15, 0.2) is 24.3 Å². The maximum atomic E-state index is 12.3. The predicted octanol–water partition coefficient (Wildman–Crippen LogP) is 2.09. The van der Waals surface area contributed by atoms with E-state index >= 15 is 0 Å². The number of benzene rings is 1. The smallest absolute Gasteiger partial charge is 0.241 e. The molecular weight excluding hydrogens is 302 g/mol. The molecule has 2 rings (SSSR count). The summed E-state index contributed by atoms with van der Waals surface area (Å²) in [6.45, 7) is 1.95. The minimum absolute atomic E-state index is 0.0116. The second-order valence-electron chi connectivity index (χ2n) is 5.29. The number of rotatable bonds is 5. The van der Waals surface area contributed by atoms with E-state index in [0.717, 1.165) is 23.4 Å². The van der Waals surface area contributed by atoms with Crippen molar-refractivity contribution in [2.75, 3.05) is 23.9 Å². The zero-order valence-electron chi connectivity index (χ0n) is 12.3. The fraction of sp³-hybridized carbons (Fsp3) is 0.467. The van der Waals surface area contributed by atoms with Crippen LogP contribution in [0.25, 0.3) is 0 Å². The lowest BCUT2D eigenvalue weighted by Crippen LogP contribution is -2.45. The van der Waals surface area contributed by atoms with E-state index in [2.05, 4.69) is 10.2 Å². The van der Waals surface area contributed by atoms with Crippen molar-refractivity contribution in [1.29, 1.82) is 0 Å². The number of nitrogens with two attached hydrogens (primary N) is 1. The molecule has 0 saturated carbocycles. The number of thioether (sulfide) groups is 1. The first kappa shape index (κ1) is 16.3. The molecule has 1 aromatic rings. The third kappa shape index (κ3) is 4.18. The molecule has 0 aliphatic carbocycles. The van der Waals surface area contributed by atoms with Gasteiger partial charge in [-0.2, -0.15) is 11.8 Å². The second kappa shape index (κ2) is 7.24. The molecule has 6 heteroatoms. The minimum atomic E-state index is -0.149. The van der Waals surface area contributed by atoms with Crippen LogP contribution in [-0.2, 0) is 4.79 Å². The third-order valence-electron chi connectivity index (χ3n) is 3.91. The van der Waals surface area contributed by atoms with Crippen LogP contribution >= 0.6 is 24.0 Å². The molecule has 114 valence electrons. The molecule has 1 amide bonds. The van der Waals surface area contributed by atoms with Crippen molar-refractivity contribution in [1.82, 2.24) is 4.90 Å². The molecule has 0 spiro atoms. The van der Waals surface area contributed by atoms with Gasteiger partial charge < -0.3 is 11.1 Å². The first-order chi connectivity index (χ1) is 9.99. The van der Waals surface area contributed by atoms with Crippen molar-refractivity contribution in [3.05, 3.63) is 29.8 Å². The summed E-state index contributed by atoms with van der Waals surface area (Å²) in [5.74, 6) is 2.30. The summed E-state index contributed by atoms with van der Waals surface area (Å²) in [4.78, 5) is 14.8. The number of carbonyl (C=O) groups is 1. The maximum absolute atomic E-state index is 12.3. The first-order valence-corrected chi connectivity index (χ1v) is 8.55. The van der Waals surface area contributed by atoms with Gasteiger partial charge in [0, 0.05) is 23.0 Å². The number of likely N-dealkylation sites (N-methyl/N-ethyl adjacent to an activating group) is 1. The highest BCUT2D eigenvalue weighted by molar-refractivity contribution is 7.99. The average Bonchev–Trinajstić information content (AvgIpc) is 3.00. The highest BCUT2D eigenvalue weighted by Crippen LogP contribution is 2.23. The fourth-order valence-corrected chi connectivity index (χ4v) is 3.72. The number of hydrogen-bond acceptors (Lipinski definition) is 4. The Bertz CT molecular complexity index is 512. The Morgan fingerprint density at radius 2 is 2.14 bits per heavy atom. The lowest BCUT2D eigenvalue weighted by Gasteiger charge is -2.29. The second-order valence-corrected chi connectivity index (χ2v) is 6.88. The van der Waals surface area contributed by atoms with Crippen molar-refractivity contribution < 1.29 is 4.79 Å². The van der Waals surface area contributed by atoms with Crippen molar-refractivity contribution in [2.45, 2.75) is 25.4 Å². The number of nitrogens with zero attached hydrogens (tertiary/aromatic N) is 1. The molecule has 4 nitrogen and oxygen atoms in total.